The Labute approximate surface area is 166 Å². The summed E-state index contributed by atoms with van der Waals surface area (Å²) in [6, 6.07) is 3.44. The number of carbonyl (C=O) groups excluding carboxylic acids is 2. The Morgan fingerprint density at radius 1 is 1.00 bits per heavy atom. The third-order valence-electron chi connectivity index (χ3n) is 3.54. The summed E-state index contributed by atoms with van der Waals surface area (Å²) in [5, 5.41) is 0. The quantitative estimate of drug-likeness (QED) is 0.199. The second kappa shape index (κ2) is 9.26. The first-order valence-corrected chi connectivity index (χ1v) is 8.06. The zero-order valence-corrected chi connectivity index (χ0v) is 15.7. The second-order valence-electron chi connectivity index (χ2n) is 5.85. The highest BCUT2D eigenvalue weighted by Gasteiger charge is 2.74. The molecule has 12 heteroatoms. The van der Waals surface area contributed by atoms with Gasteiger partial charge in [-0.3, -0.25) is 4.99 Å². The molecule has 1 rings (SSSR count). The first kappa shape index (κ1) is 25.1. The van der Waals surface area contributed by atoms with E-state index in [0.717, 1.165) is 18.2 Å². The highest BCUT2D eigenvalue weighted by molar-refractivity contribution is 6.07. The molecule has 0 saturated heterocycles. The molecule has 166 valence electrons. The lowest BCUT2D eigenvalue weighted by molar-refractivity contribution is -0.336. The molecule has 0 aliphatic heterocycles. The maximum atomic E-state index is 14.0. The predicted molar refractivity (Wildman–Crippen MR) is 90.9 cm³/mol. The molecular weight excluding hydrogens is 427 g/mol. The second-order valence-corrected chi connectivity index (χ2v) is 5.85. The van der Waals surface area contributed by atoms with Crippen molar-refractivity contribution < 1.29 is 49.8 Å². The third-order valence-corrected chi connectivity index (χ3v) is 3.54. The molecule has 30 heavy (non-hydrogen) atoms. The van der Waals surface area contributed by atoms with Crippen molar-refractivity contribution in [1.82, 2.24) is 0 Å². The zero-order chi connectivity index (χ0) is 23.3. The average Bonchev–Trinajstić information content (AvgIpc) is 2.64. The van der Waals surface area contributed by atoms with Gasteiger partial charge in [0.15, 0.2) is 0 Å². The minimum Gasteiger partial charge on any atom is -0.459 e. The summed E-state index contributed by atoms with van der Waals surface area (Å²) in [4.78, 5) is 26.0. The summed E-state index contributed by atoms with van der Waals surface area (Å²) in [6.45, 7) is 3.92. The molecule has 0 radical (unpaired) electrons. The lowest BCUT2D eigenvalue weighted by atomic mass is 9.97. The zero-order valence-electron chi connectivity index (χ0n) is 15.7. The highest BCUT2D eigenvalue weighted by atomic mass is 19.4. The summed E-state index contributed by atoms with van der Waals surface area (Å²) < 4.78 is 101. The summed E-state index contributed by atoms with van der Waals surface area (Å²) in [5.74, 6) is -14.0. The number of aliphatic imine (C=N–C) groups is 1. The molecule has 0 spiro atoms. The van der Waals surface area contributed by atoms with Crippen LogP contribution in [0, 0.1) is 0 Å². The number of alkyl halides is 7. The fourth-order valence-electron chi connectivity index (χ4n) is 2.05. The van der Waals surface area contributed by atoms with E-state index < -0.39 is 53.4 Å². The van der Waals surface area contributed by atoms with Crippen molar-refractivity contribution in [3.8, 4) is 0 Å². The van der Waals surface area contributed by atoms with E-state index in [1.165, 1.54) is 6.92 Å². The topological polar surface area (TPSA) is 65.0 Å². The molecule has 1 aromatic rings. The van der Waals surface area contributed by atoms with E-state index in [1.807, 2.05) is 0 Å². The van der Waals surface area contributed by atoms with Crippen LogP contribution in [0.4, 0.5) is 30.7 Å². The van der Waals surface area contributed by atoms with Gasteiger partial charge in [-0.15, -0.1) is 0 Å². The van der Waals surface area contributed by atoms with Crippen molar-refractivity contribution in [2.75, 3.05) is 20.3 Å². The Bertz CT molecular complexity index is 847. The van der Waals surface area contributed by atoms with Crippen LogP contribution < -0.4 is 0 Å². The fourth-order valence-corrected chi connectivity index (χ4v) is 2.05. The molecule has 0 N–H and O–H groups in total. The fraction of sp³-hybridized carbons (Fsp3) is 0.389. The summed E-state index contributed by atoms with van der Waals surface area (Å²) >= 11 is 0. The average molecular weight is 443 g/mol. The molecule has 5 nitrogen and oxygen atoms in total. The van der Waals surface area contributed by atoms with Crippen LogP contribution >= 0.6 is 0 Å². The minimum atomic E-state index is -6.54. The molecular formula is C18H16F7NO4. The number of hydrogen-bond acceptors (Lipinski definition) is 5. The van der Waals surface area contributed by atoms with E-state index in [4.69, 9.17) is 4.74 Å². The summed E-state index contributed by atoms with van der Waals surface area (Å²) in [6.07, 6.45) is -6.54. The third kappa shape index (κ3) is 5.36. The molecule has 0 saturated carbocycles. The molecule has 1 aromatic carbocycles. The van der Waals surface area contributed by atoms with Gasteiger partial charge in [-0.25, -0.2) is 9.59 Å². The standard InChI is InChI=1S/C18H16F7NO4/c1-10(2)14(27)29-7-8-30-15(28)12-6-4-5-11(9-12)13(26-3)16(19,20)17(21,22)18(23,24)25/h4-6,9H,1,7-8H2,2-3H3/b26-13-. The van der Waals surface area contributed by atoms with Gasteiger partial charge in [0.2, 0.25) is 0 Å². The number of halogens is 7. The van der Waals surface area contributed by atoms with E-state index in [9.17, 15) is 40.3 Å². The van der Waals surface area contributed by atoms with Gasteiger partial charge < -0.3 is 9.47 Å². The van der Waals surface area contributed by atoms with Crippen LogP contribution in [0.2, 0.25) is 0 Å². The minimum absolute atomic E-state index is 0.0944. The lowest BCUT2D eigenvalue weighted by Crippen LogP contribution is -2.56. The molecule has 0 amide bonds. The summed E-state index contributed by atoms with van der Waals surface area (Å²) in [5.41, 5.74) is -3.03. The number of hydrogen-bond donors (Lipinski definition) is 0. The van der Waals surface area contributed by atoms with Gasteiger partial charge in [0, 0.05) is 18.2 Å². The Kier molecular flexibility index (Phi) is 7.76. The van der Waals surface area contributed by atoms with Crippen molar-refractivity contribution in [3.63, 3.8) is 0 Å². The largest absolute Gasteiger partial charge is 0.460 e. The molecule has 0 aromatic heterocycles. The van der Waals surface area contributed by atoms with Crippen LogP contribution in [-0.4, -0.2) is 55.9 Å². The van der Waals surface area contributed by atoms with Crippen LogP contribution in [0.1, 0.15) is 22.8 Å². The van der Waals surface area contributed by atoms with E-state index in [-0.39, 0.29) is 12.2 Å². The smallest absolute Gasteiger partial charge is 0.459 e. The number of esters is 2. The van der Waals surface area contributed by atoms with Crippen LogP contribution in [0.5, 0.6) is 0 Å². The lowest BCUT2D eigenvalue weighted by Gasteiger charge is -2.29. The number of carbonyl (C=O) groups is 2. The van der Waals surface area contributed by atoms with E-state index in [0.29, 0.717) is 13.1 Å². The molecule has 0 fully saturated rings. The normalized spacial score (nSPS) is 13.0. The molecule has 0 atom stereocenters. The molecule has 0 aliphatic rings. The predicted octanol–water partition coefficient (Wildman–Crippen LogP) is 4.21. The van der Waals surface area contributed by atoms with Gasteiger partial charge in [0.25, 0.3) is 0 Å². The van der Waals surface area contributed by atoms with E-state index >= 15 is 0 Å². The van der Waals surface area contributed by atoms with Crippen molar-refractivity contribution in [1.29, 1.82) is 0 Å². The van der Waals surface area contributed by atoms with Gasteiger partial charge in [-0.1, -0.05) is 18.7 Å². The van der Waals surface area contributed by atoms with Crippen molar-refractivity contribution >= 4 is 17.7 Å². The van der Waals surface area contributed by atoms with Gasteiger partial charge in [0.1, 0.15) is 18.9 Å². The van der Waals surface area contributed by atoms with Gasteiger partial charge in [-0.05, 0) is 19.1 Å². The maximum absolute atomic E-state index is 14.0. The van der Waals surface area contributed by atoms with Crippen LogP contribution in [0.25, 0.3) is 0 Å². The van der Waals surface area contributed by atoms with E-state index in [2.05, 4.69) is 16.3 Å². The van der Waals surface area contributed by atoms with E-state index in [1.54, 1.807) is 0 Å². The number of rotatable bonds is 8. The first-order valence-electron chi connectivity index (χ1n) is 8.06. The Morgan fingerprint density at radius 3 is 2.03 bits per heavy atom. The van der Waals surface area contributed by atoms with Crippen molar-refractivity contribution in [3.05, 3.63) is 47.5 Å². The Morgan fingerprint density at radius 2 is 1.53 bits per heavy atom. The van der Waals surface area contributed by atoms with Gasteiger partial charge in [-0.2, -0.15) is 30.7 Å². The molecule has 0 aliphatic carbocycles. The Hall–Kier alpha value is -2.92. The number of nitrogens with zero attached hydrogens (tertiary/aromatic N) is 1. The van der Waals surface area contributed by atoms with Crippen molar-refractivity contribution in [2.24, 2.45) is 4.99 Å². The molecule has 0 unspecified atom stereocenters. The van der Waals surface area contributed by atoms with Gasteiger partial charge in [0.05, 0.1) is 5.56 Å². The first-order chi connectivity index (χ1) is 13.7. The van der Waals surface area contributed by atoms with Gasteiger partial charge >= 0.3 is 30.0 Å². The molecule has 0 heterocycles. The Balaban J connectivity index is 3.03. The van der Waals surface area contributed by atoms with Crippen LogP contribution in [0.15, 0.2) is 41.4 Å². The molecule has 0 bridgehead atoms. The SMILES string of the molecule is C=C(C)C(=O)OCCOC(=O)c1cccc(/C(=N/C)C(F)(F)C(F)(F)C(F)(F)F)c1. The number of ether oxygens (including phenoxy) is 2. The van der Waals surface area contributed by atoms with Crippen molar-refractivity contribution in [2.45, 2.75) is 24.9 Å². The maximum Gasteiger partial charge on any atom is 0.460 e. The number of benzene rings is 1. The monoisotopic (exact) mass is 443 g/mol. The van der Waals surface area contributed by atoms with Crippen LogP contribution in [0.3, 0.4) is 0 Å². The van der Waals surface area contributed by atoms with Crippen LogP contribution in [-0.2, 0) is 14.3 Å². The summed E-state index contributed by atoms with van der Waals surface area (Å²) in [7, 11) is 0.608. The highest BCUT2D eigenvalue weighted by Crippen LogP contribution is 2.48.